The quantitative estimate of drug-likeness (QED) is 0.805. The molecule has 1 atom stereocenters. The second-order valence-corrected chi connectivity index (χ2v) is 5.23. The van der Waals surface area contributed by atoms with E-state index in [9.17, 15) is 0 Å². The molecule has 0 aliphatic heterocycles. The molecule has 0 fully saturated rings. The predicted octanol–water partition coefficient (Wildman–Crippen LogP) is 4.14. The minimum Gasteiger partial charge on any atom is -0.492 e. The van der Waals surface area contributed by atoms with Crippen molar-refractivity contribution in [2.75, 3.05) is 17.2 Å². The summed E-state index contributed by atoms with van der Waals surface area (Å²) in [6, 6.07) is 10.1. The van der Waals surface area contributed by atoms with Gasteiger partial charge in [-0.15, -0.1) is 0 Å². The minimum absolute atomic E-state index is 0.373. The van der Waals surface area contributed by atoms with Gasteiger partial charge in [0, 0.05) is 17.8 Å². The third-order valence-corrected chi connectivity index (χ3v) is 3.29. The Morgan fingerprint density at radius 3 is 2.68 bits per heavy atom. The van der Waals surface area contributed by atoms with Crippen LogP contribution in [0.25, 0.3) is 0 Å². The van der Waals surface area contributed by atoms with Crippen LogP contribution in [-0.2, 0) is 0 Å². The highest BCUT2D eigenvalue weighted by molar-refractivity contribution is 5.63. The summed E-state index contributed by atoms with van der Waals surface area (Å²) in [5.41, 5.74) is 1.78. The molecule has 0 radical (unpaired) electrons. The molecule has 0 saturated carbocycles. The summed E-state index contributed by atoms with van der Waals surface area (Å²) in [5.74, 6) is 2.20. The van der Waals surface area contributed by atoms with E-state index in [2.05, 4.69) is 34.4 Å². The van der Waals surface area contributed by atoms with E-state index in [1.54, 1.807) is 0 Å². The van der Waals surface area contributed by atoms with Crippen molar-refractivity contribution in [2.24, 2.45) is 0 Å². The van der Waals surface area contributed by atoms with Gasteiger partial charge >= 0.3 is 0 Å². The Bertz CT molecular complexity index is 615. The monoisotopic (exact) mass is 300 g/mol. The third kappa shape index (κ3) is 4.35. The topological polar surface area (TPSA) is 59.1 Å². The van der Waals surface area contributed by atoms with Crippen LogP contribution in [-0.4, -0.2) is 22.6 Å². The average Bonchev–Trinajstić information content (AvgIpc) is 2.49. The molecule has 0 amide bonds. The van der Waals surface area contributed by atoms with Gasteiger partial charge in [-0.05, 0) is 39.3 Å². The zero-order valence-electron chi connectivity index (χ0n) is 13.7. The number of nitrogens with zero attached hydrogens (tertiary/aromatic N) is 2. The Hall–Kier alpha value is -2.30. The highest BCUT2D eigenvalue weighted by atomic mass is 16.5. The van der Waals surface area contributed by atoms with Crippen molar-refractivity contribution >= 4 is 17.5 Å². The number of aromatic nitrogens is 2. The van der Waals surface area contributed by atoms with Crippen LogP contribution in [0.15, 0.2) is 30.3 Å². The Morgan fingerprint density at radius 2 is 1.95 bits per heavy atom. The van der Waals surface area contributed by atoms with Crippen molar-refractivity contribution in [2.45, 2.75) is 40.2 Å². The Morgan fingerprint density at radius 1 is 1.18 bits per heavy atom. The van der Waals surface area contributed by atoms with Crippen molar-refractivity contribution < 1.29 is 4.74 Å². The van der Waals surface area contributed by atoms with Gasteiger partial charge < -0.3 is 15.4 Å². The molecule has 2 rings (SSSR count). The normalized spacial score (nSPS) is 11.8. The van der Waals surface area contributed by atoms with E-state index in [1.807, 2.05) is 44.2 Å². The van der Waals surface area contributed by atoms with Gasteiger partial charge in [-0.2, -0.15) is 4.98 Å². The minimum atomic E-state index is 0.373. The summed E-state index contributed by atoms with van der Waals surface area (Å²) in [7, 11) is 0. The van der Waals surface area contributed by atoms with E-state index in [0.717, 1.165) is 29.4 Å². The molecule has 5 nitrogen and oxygen atoms in total. The molecule has 118 valence electrons. The molecule has 0 aliphatic rings. The van der Waals surface area contributed by atoms with E-state index < -0.39 is 0 Å². The van der Waals surface area contributed by atoms with Gasteiger partial charge in [0.1, 0.15) is 11.6 Å². The maximum Gasteiger partial charge on any atom is 0.229 e. The largest absolute Gasteiger partial charge is 0.492 e. The third-order valence-electron chi connectivity index (χ3n) is 3.29. The summed E-state index contributed by atoms with van der Waals surface area (Å²) < 4.78 is 5.62. The Kier molecular flexibility index (Phi) is 5.58. The molecule has 1 unspecified atom stereocenters. The van der Waals surface area contributed by atoms with Gasteiger partial charge in [-0.3, -0.25) is 0 Å². The molecule has 0 aliphatic carbocycles. The van der Waals surface area contributed by atoms with Crippen LogP contribution in [0.1, 0.15) is 32.9 Å². The number of anilines is 3. The highest BCUT2D eigenvalue weighted by Gasteiger charge is 2.08. The van der Waals surface area contributed by atoms with Gasteiger partial charge in [0.15, 0.2) is 0 Å². The summed E-state index contributed by atoms with van der Waals surface area (Å²) in [4.78, 5) is 8.97. The summed E-state index contributed by atoms with van der Waals surface area (Å²) in [6.07, 6.45) is 1.04. The lowest BCUT2D eigenvalue weighted by Gasteiger charge is -2.15. The molecule has 5 heteroatoms. The van der Waals surface area contributed by atoms with Gasteiger partial charge in [-0.1, -0.05) is 19.1 Å². The first kappa shape index (κ1) is 16.1. The van der Waals surface area contributed by atoms with Crippen molar-refractivity contribution in [3.8, 4) is 5.75 Å². The van der Waals surface area contributed by atoms with Crippen LogP contribution >= 0.6 is 0 Å². The lowest BCUT2D eigenvalue weighted by atomic mass is 10.2. The maximum absolute atomic E-state index is 5.62. The van der Waals surface area contributed by atoms with E-state index in [1.165, 1.54) is 0 Å². The fourth-order valence-corrected chi connectivity index (χ4v) is 2.02. The molecular formula is C17H24N4O. The summed E-state index contributed by atoms with van der Waals surface area (Å²) >= 11 is 0. The first-order valence-corrected chi connectivity index (χ1v) is 7.73. The van der Waals surface area contributed by atoms with E-state index >= 15 is 0 Å². The van der Waals surface area contributed by atoms with Gasteiger partial charge in [0.2, 0.25) is 5.95 Å². The first-order chi connectivity index (χ1) is 10.6. The molecule has 2 aromatic rings. The lowest BCUT2D eigenvalue weighted by molar-refractivity contribution is 0.342. The van der Waals surface area contributed by atoms with E-state index in [4.69, 9.17) is 4.74 Å². The van der Waals surface area contributed by atoms with E-state index in [-0.39, 0.29) is 0 Å². The number of ether oxygens (including phenoxy) is 1. The van der Waals surface area contributed by atoms with Crippen LogP contribution in [0, 0.1) is 6.92 Å². The number of aryl methyl sites for hydroxylation is 1. The molecule has 0 saturated heterocycles. The standard InChI is InChI=1S/C17H24N4O/c1-5-12(3)18-16-11-13(4)19-17(21-16)20-14-9-7-8-10-15(14)22-6-2/h7-12H,5-6H2,1-4H3,(H2,18,19,20,21). The Labute approximate surface area is 132 Å². The number of benzene rings is 1. The van der Waals surface area contributed by atoms with Gasteiger partial charge in [0.25, 0.3) is 0 Å². The second-order valence-electron chi connectivity index (χ2n) is 5.23. The first-order valence-electron chi connectivity index (χ1n) is 7.73. The predicted molar refractivity (Wildman–Crippen MR) is 91.0 cm³/mol. The van der Waals surface area contributed by atoms with Gasteiger partial charge in [-0.25, -0.2) is 4.98 Å². The lowest BCUT2D eigenvalue weighted by Crippen LogP contribution is -2.15. The molecular weight excluding hydrogens is 276 g/mol. The smallest absolute Gasteiger partial charge is 0.229 e. The zero-order chi connectivity index (χ0) is 15.9. The van der Waals surface area contributed by atoms with Gasteiger partial charge in [0.05, 0.1) is 12.3 Å². The number of nitrogens with one attached hydrogen (secondary N) is 2. The number of rotatable bonds is 7. The summed E-state index contributed by atoms with van der Waals surface area (Å²) in [6.45, 7) is 8.82. The fourth-order valence-electron chi connectivity index (χ4n) is 2.02. The fraction of sp³-hybridized carbons (Fsp3) is 0.412. The molecule has 0 bridgehead atoms. The van der Waals surface area contributed by atoms with Crippen molar-refractivity contribution in [1.29, 1.82) is 0 Å². The molecule has 1 heterocycles. The second kappa shape index (κ2) is 7.64. The SMILES string of the molecule is CCOc1ccccc1Nc1nc(C)cc(NC(C)CC)n1. The van der Waals surface area contributed by atoms with Crippen LogP contribution in [0.2, 0.25) is 0 Å². The van der Waals surface area contributed by atoms with Crippen molar-refractivity contribution in [1.82, 2.24) is 9.97 Å². The van der Waals surface area contributed by atoms with Crippen LogP contribution < -0.4 is 15.4 Å². The van der Waals surface area contributed by atoms with Crippen molar-refractivity contribution in [3.63, 3.8) is 0 Å². The number of para-hydroxylation sites is 2. The van der Waals surface area contributed by atoms with E-state index in [0.29, 0.717) is 18.6 Å². The zero-order valence-corrected chi connectivity index (χ0v) is 13.7. The number of hydrogen-bond acceptors (Lipinski definition) is 5. The molecule has 1 aromatic carbocycles. The molecule has 2 N–H and O–H groups in total. The maximum atomic E-state index is 5.62. The average molecular weight is 300 g/mol. The Balaban J connectivity index is 2.22. The summed E-state index contributed by atoms with van der Waals surface area (Å²) in [5, 5.41) is 6.62. The number of hydrogen-bond donors (Lipinski definition) is 2. The van der Waals surface area contributed by atoms with Crippen molar-refractivity contribution in [3.05, 3.63) is 36.0 Å². The molecule has 22 heavy (non-hydrogen) atoms. The van der Waals surface area contributed by atoms with Crippen LogP contribution in [0.3, 0.4) is 0 Å². The van der Waals surface area contributed by atoms with Crippen LogP contribution in [0.5, 0.6) is 5.75 Å². The molecule has 1 aromatic heterocycles. The molecule has 0 spiro atoms. The van der Waals surface area contributed by atoms with Crippen LogP contribution in [0.4, 0.5) is 17.5 Å². The highest BCUT2D eigenvalue weighted by Crippen LogP contribution is 2.26.